The van der Waals surface area contributed by atoms with Crippen molar-refractivity contribution >= 4 is 16.9 Å². The molecule has 3 heteroatoms. The van der Waals surface area contributed by atoms with Gasteiger partial charge in [0, 0.05) is 6.42 Å². The smallest absolute Gasteiger partial charge is 0.305 e. The van der Waals surface area contributed by atoms with Crippen LogP contribution in [0.3, 0.4) is 0 Å². The summed E-state index contributed by atoms with van der Waals surface area (Å²) < 4.78 is 4.86. The van der Waals surface area contributed by atoms with Crippen LogP contribution < -0.4 is 0 Å². The predicted molar refractivity (Wildman–Crippen MR) is 58.7 cm³/mol. The molecule has 13 heavy (non-hydrogen) atoms. The van der Waals surface area contributed by atoms with E-state index in [1.54, 1.807) is 0 Å². The van der Waals surface area contributed by atoms with Crippen LogP contribution in [-0.4, -0.2) is 29.8 Å². The number of carbonyl (C=O) groups excluding carboxylic acids is 1. The van der Waals surface area contributed by atoms with E-state index in [1.807, 2.05) is 6.92 Å². The van der Waals surface area contributed by atoms with Gasteiger partial charge in [-0.3, -0.25) is 15.7 Å². The van der Waals surface area contributed by atoms with Crippen molar-refractivity contribution < 1.29 is 9.53 Å². The SMILES string of the molecule is CCOC(=O)CCCC[SH]1CCC1. The quantitative estimate of drug-likeness (QED) is 0.407. The van der Waals surface area contributed by atoms with Crippen molar-refractivity contribution in [1.82, 2.24) is 0 Å². The lowest BCUT2D eigenvalue weighted by atomic mass is 10.2. The third-order valence-electron chi connectivity index (χ3n) is 2.36. The monoisotopic (exact) mass is 204 g/mol. The number of thiol groups is 1. The molecule has 0 N–H and O–H groups in total. The van der Waals surface area contributed by atoms with Crippen molar-refractivity contribution in [2.75, 3.05) is 23.9 Å². The highest BCUT2D eigenvalue weighted by Gasteiger charge is 2.12. The van der Waals surface area contributed by atoms with E-state index in [2.05, 4.69) is 0 Å². The maximum absolute atomic E-state index is 11.0. The second kappa shape index (κ2) is 6.30. The molecule has 0 aliphatic carbocycles. The zero-order valence-electron chi connectivity index (χ0n) is 8.42. The molecule has 0 spiro atoms. The van der Waals surface area contributed by atoms with Crippen LogP contribution in [0.5, 0.6) is 0 Å². The summed E-state index contributed by atoms with van der Waals surface area (Å²) >= 11 is 0. The van der Waals surface area contributed by atoms with Gasteiger partial charge < -0.3 is 4.74 Å². The van der Waals surface area contributed by atoms with Gasteiger partial charge in [0.1, 0.15) is 0 Å². The molecule has 1 heterocycles. The molecule has 1 saturated heterocycles. The summed E-state index contributed by atoms with van der Waals surface area (Å²) in [7, 11) is 0.411. The summed E-state index contributed by atoms with van der Waals surface area (Å²) in [6, 6.07) is 0. The minimum Gasteiger partial charge on any atom is -0.466 e. The fourth-order valence-electron chi connectivity index (χ4n) is 1.44. The van der Waals surface area contributed by atoms with E-state index >= 15 is 0 Å². The van der Waals surface area contributed by atoms with Crippen molar-refractivity contribution in [1.29, 1.82) is 0 Å². The molecule has 0 radical (unpaired) electrons. The molecule has 0 aromatic heterocycles. The Kier molecular flexibility index (Phi) is 5.28. The molecule has 0 atom stereocenters. The third-order valence-corrected chi connectivity index (χ3v) is 5.21. The largest absolute Gasteiger partial charge is 0.466 e. The Morgan fingerprint density at radius 3 is 2.69 bits per heavy atom. The summed E-state index contributed by atoms with van der Waals surface area (Å²) in [5.74, 6) is 4.32. The van der Waals surface area contributed by atoms with Gasteiger partial charge in [0.05, 0.1) is 6.61 Å². The fourth-order valence-corrected chi connectivity index (χ4v) is 3.32. The summed E-state index contributed by atoms with van der Waals surface area (Å²) in [6.45, 7) is 2.38. The molecule has 0 bridgehead atoms. The first kappa shape index (κ1) is 10.9. The zero-order valence-corrected chi connectivity index (χ0v) is 9.31. The van der Waals surface area contributed by atoms with E-state index < -0.39 is 0 Å². The van der Waals surface area contributed by atoms with Crippen LogP contribution in [0.15, 0.2) is 0 Å². The molecule has 0 saturated carbocycles. The lowest BCUT2D eigenvalue weighted by Gasteiger charge is -2.30. The number of rotatable bonds is 6. The van der Waals surface area contributed by atoms with Crippen LogP contribution >= 0.6 is 10.9 Å². The van der Waals surface area contributed by atoms with Crippen LogP contribution in [-0.2, 0) is 9.53 Å². The van der Waals surface area contributed by atoms with Gasteiger partial charge in [-0.15, -0.1) is 0 Å². The van der Waals surface area contributed by atoms with Gasteiger partial charge in [0.25, 0.3) is 0 Å². The lowest BCUT2D eigenvalue weighted by molar-refractivity contribution is -0.143. The van der Waals surface area contributed by atoms with E-state index in [-0.39, 0.29) is 5.97 Å². The van der Waals surface area contributed by atoms with Crippen molar-refractivity contribution in [3.8, 4) is 0 Å². The lowest BCUT2D eigenvalue weighted by Crippen LogP contribution is -2.11. The van der Waals surface area contributed by atoms with E-state index in [0.29, 0.717) is 23.9 Å². The highest BCUT2D eigenvalue weighted by Crippen LogP contribution is 2.37. The summed E-state index contributed by atoms with van der Waals surface area (Å²) in [6.07, 6.45) is 4.32. The average Bonchev–Trinajstić information content (AvgIpc) is 2.01. The topological polar surface area (TPSA) is 26.3 Å². The van der Waals surface area contributed by atoms with Gasteiger partial charge in [-0.25, -0.2) is 0 Å². The minimum absolute atomic E-state index is 0.0242. The second-order valence-corrected chi connectivity index (χ2v) is 6.14. The maximum atomic E-state index is 11.0. The maximum Gasteiger partial charge on any atom is 0.305 e. The fraction of sp³-hybridized carbons (Fsp3) is 0.900. The number of hydrogen-bond donors (Lipinski definition) is 1. The molecule has 0 amide bonds. The normalized spacial score (nSPS) is 18.1. The molecule has 1 aliphatic heterocycles. The first-order chi connectivity index (χ1) is 6.33. The van der Waals surface area contributed by atoms with Crippen molar-refractivity contribution in [2.24, 2.45) is 0 Å². The molecular formula is C10H20O2S. The Bertz CT molecular complexity index is 155. The predicted octanol–water partition coefficient (Wildman–Crippen LogP) is 2.12. The molecule has 2 nitrogen and oxygen atoms in total. The first-order valence-corrected chi connectivity index (χ1v) is 7.10. The van der Waals surface area contributed by atoms with Gasteiger partial charge in [-0.05, 0) is 43.4 Å². The Morgan fingerprint density at radius 2 is 2.15 bits per heavy atom. The molecule has 0 aromatic rings. The number of ether oxygens (including phenoxy) is 1. The number of hydrogen-bond acceptors (Lipinski definition) is 2. The molecule has 1 rings (SSSR count). The number of esters is 1. The Labute approximate surface area is 83.4 Å². The van der Waals surface area contributed by atoms with Crippen LogP contribution in [0.4, 0.5) is 0 Å². The average molecular weight is 204 g/mol. The van der Waals surface area contributed by atoms with E-state index in [1.165, 1.54) is 30.1 Å². The Balaban J connectivity index is 1.85. The third kappa shape index (κ3) is 4.55. The van der Waals surface area contributed by atoms with Crippen LogP contribution in [0.25, 0.3) is 0 Å². The molecular weight excluding hydrogens is 184 g/mol. The summed E-state index contributed by atoms with van der Waals surface area (Å²) in [5, 5.41) is 0. The Hall–Kier alpha value is -0.180. The van der Waals surface area contributed by atoms with E-state index in [0.717, 1.165) is 6.42 Å². The van der Waals surface area contributed by atoms with Crippen molar-refractivity contribution in [3.05, 3.63) is 0 Å². The molecule has 1 fully saturated rings. The van der Waals surface area contributed by atoms with Crippen LogP contribution in [0.1, 0.15) is 32.6 Å². The highest BCUT2D eigenvalue weighted by atomic mass is 32.2. The van der Waals surface area contributed by atoms with Gasteiger partial charge in [-0.1, -0.05) is 0 Å². The van der Waals surface area contributed by atoms with Crippen LogP contribution in [0, 0.1) is 0 Å². The summed E-state index contributed by atoms with van der Waals surface area (Å²) in [4.78, 5) is 11.0. The highest BCUT2D eigenvalue weighted by molar-refractivity contribution is 8.18. The minimum atomic E-state index is -0.0242. The molecule has 1 aliphatic rings. The number of unbranched alkanes of at least 4 members (excludes halogenated alkanes) is 1. The molecule has 78 valence electrons. The van der Waals surface area contributed by atoms with Crippen molar-refractivity contribution in [2.45, 2.75) is 32.6 Å². The van der Waals surface area contributed by atoms with Gasteiger partial charge >= 0.3 is 5.97 Å². The van der Waals surface area contributed by atoms with Crippen molar-refractivity contribution in [3.63, 3.8) is 0 Å². The van der Waals surface area contributed by atoms with Gasteiger partial charge in [0.15, 0.2) is 0 Å². The van der Waals surface area contributed by atoms with Crippen LogP contribution in [0.2, 0.25) is 0 Å². The van der Waals surface area contributed by atoms with E-state index in [9.17, 15) is 4.79 Å². The number of carbonyl (C=O) groups is 1. The standard InChI is InChI=1S/C10H20O2S/c1-2-12-10(11)6-3-4-7-13-8-5-9-13/h13H,2-9H2,1H3. The van der Waals surface area contributed by atoms with Gasteiger partial charge in [-0.2, -0.15) is 0 Å². The first-order valence-electron chi connectivity index (χ1n) is 5.21. The van der Waals surface area contributed by atoms with E-state index in [4.69, 9.17) is 4.74 Å². The zero-order chi connectivity index (χ0) is 9.52. The summed E-state index contributed by atoms with van der Waals surface area (Å²) in [5.41, 5.74) is 0. The molecule has 0 unspecified atom stereocenters. The second-order valence-electron chi connectivity index (χ2n) is 3.46. The molecule has 0 aromatic carbocycles. The Morgan fingerprint density at radius 1 is 1.38 bits per heavy atom. The van der Waals surface area contributed by atoms with Gasteiger partial charge in [0.2, 0.25) is 0 Å².